The van der Waals surface area contributed by atoms with E-state index in [-0.39, 0.29) is 12.5 Å². The van der Waals surface area contributed by atoms with Gasteiger partial charge in [0, 0.05) is 37.3 Å². The molecule has 0 aliphatic carbocycles. The van der Waals surface area contributed by atoms with Gasteiger partial charge < -0.3 is 4.90 Å². The van der Waals surface area contributed by atoms with E-state index in [0.717, 1.165) is 0 Å². The van der Waals surface area contributed by atoms with Crippen LogP contribution in [0.4, 0.5) is 13.2 Å². The van der Waals surface area contributed by atoms with Gasteiger partial charge in [0.05, 0.1) is 12.1 Å². The highest BCUT2D eigenvalue weighted by Crippen LogP contribution is 2.44. The highest BCUT2D eigenvalue weighted by molar-refractivity contribution is 6.32. The molecular formula is C15H14ClF3N4O. The lowest BCUT2D eigenvalue weighted by Gasteiger charge is -2.37. The number of fused-ring (bicyclic) bond motifs is 2. The second kappa shape index (κ2) is 5.34. The second-order valence-electron chi connectivity index (χ2n) is 6.33. The highest BCUT2D eigenvalue weighted by atomic mass is 35.5. The number of alkyl halides is 3. The van der Waals surface area contributed by atoms with E-state index in [4.69, 9.17) is 11.6 Å². The fourth-order valence-electron chi connectivity index (χ4n) is 3.90. The normalized spacial score (nSPS) is 27.8. The van der Waals surface area contributed by atoms with Crippen molar-refractivity contribution in [1.82, 2.24) is 19.3 Å². The van der Waals surface area contributed by atoms with E-state index in [9.17, 15) is 18.0 Å². The maximum Gasteiger partial charge on any atom is 0.394 e. The van der Waals surface area contributed by atoms with E-state index in [2.05, 4.69) is 9.97 Å². The third-order valence-corrected chi connectivity index (χ3v) is 5.32. The Kier molecular flexibility index (Phi) is 3.49. The fraction of sp³-hybridized carbons (Fsp3) is 0.533. The monoisotopic (exact) mass is 358 g/mol. The number of rotatable bonds is 1. The number of imidazole rings is 1. The molecule has 2 saturated heterocycles. The summed E-state index contributed by atoms with van der Waals surface area (Å²) in [7, 11) is 0. The van der Waals surface area contributed by atoms with Crippen LogP contribution in [-0.2, 0) is 4.79 Å². The Morgan fingerprint density at radius 3 is 2.79 bits per heavy atom. The highest BCUT2D eigenvalue weighted by Gasteiger charge is 2.55. The van der Waals surface area contributed by atoms with Crippen molar-refractivity contribution in [3.8, 4) is 0 Å². The van der Waals surface area contributed by atoms with Crippen LogP contribution in [0.1, 0.15) is 31.0 Å². The van der Waals surface area contributed by atoms with Gasteiger partial charge in [-0.25, -0.2) is 9.97 Å². The van der Waals surface area contributed by atoms with Crippen molar-refractivity contribution >= 4 is 23.0 Å². The molecule has 0 unspecified atom stereocenters. The lowest BCUT2D eigenvalue weighted by atomic mass is 9.87. The third kappa shape index (κ3) is 2.35. The van der Waals surface area contributed by atoms with Gasteiger partial charge in [0.2, 0.25) is 5.91 Å². The molecule has 0 bridgehead atoms. The zero-order valence-corrected chi connectivity index (χ0v) is 13.3. The van der Waals surface area contributed by atoms with Gasteiger partial charge in [-0.1, -0.05) is 11.6 Å². The van der Waals surface area contributed by atoms with E-state index in [1.807, 2.05) is 0 Å². The van der Waals surface area contributed by atoms with Gasteiger partial charge in [-0.05, 0) is 12.8 Å². The number of piperidine rings is 1. The van der Waals surface area contributed by atoms with Crippen molar-refractivity contribution in [1.29, 1.82) is 0 Å². The molecule has 2 fully saturated rings. The minimum absolute atomic E-state index is 0.113. The number of hydrogen-bond acceptors (Lipinski definition) is 3. The van der Waals surface area contributed by atoms with Crippen molar-refractivity contribution < 1.29 is 18.0 Å². The average molecular weight is 359 g/mol. The molecule has 24 heavy (non-hydrogen) atoms. The first-order valence-electron chi connectivity index (χ1n) is 7.70. The summed E-state index contributed by atoms with van der Waals surface area (Å²) in [6.07, 6.45) is 0.975. The maximum absolute atomic E-state index is 13.1. The smallest absolute Gasteiger partial charge is 0.338 e. The number of nitrogens with zero attached hydrogens (tertiary/aromatic N) is 4. The average Bonchev–Trinajstić information content (AvgIpc) is 3.09. The maximum atomic E-state index is 13.1. The first-order valence-corrected chi connectivity index (χ1v) is 8.07. The third-order valence-electron chi connectivity index (χ3n) is 5.03. The molecule has 1 amide bonds. The van der Waals surface area contributed by atoms with Crippen molar-refractivity contribution in [3.63, 3.8) is 0 Å². The molecule has 5 nitrogen and oxygen atoms in total. The van der Waals surface area contributed by atoms with Crippen LogP contribution in [0.3, 0.4) is 0 Å². The molecule has 4 heterocycles. The number of halogens is 4. The summed E-state index contributed by atoms with van der Waals surface area (Å²) < 4.78 is 41.1. The Balaban J connectivity index is 1.63. The molecule has 0 spiro atoms. The van der Waals surface area contributed by atoms with Gasteiger partial charge in [0.15, 0.2) is 5.15 Å². The van der Waals surface area contributed by atoms with Crippen LogP contribution in [0.2, 0.25) is 5.15 Å². The summed E-state index contributed by atoms with van der Waals surface area (Å²) in [5.74, 6) is -1.39. The van der Waals surface area contributed by atoms with Gasteiger partial charge in [-0.2, -0.15) is 13.2 Å². The zero-order chi connectivity index (χ0) is 17.1. The van der Waals surface area contributed by atoms with Crippen LogP contribution in [0.15, 0.2) is 18.6 Å². The molecule has 2 aromatic heterocycles. The fourth-order valence-corrected chi connectivity index (χ4v) is 4.10. The minimum atomic E-state index is -4.33. The van der Waals surface area contributed by atoms with Crippen molar-refractivity contribution in [2.24, 2.45) is 5.92 Å². The minimum Gasteiger partial charge on any atom is -0.338 e. The molecule has 0 aromatic carbocycles. The van der Waals surface area contributed by atoms with E-state index in [1.54, 1.807) is 23.0 Å². The molecule has 2 aliphatic heterocycles. The Hall–Kier alpha value is -1.83. The number of aromatic nitrogens is 3. The second-order valence-corrected chi connectivity index (χ2v) is 6.69. The Morgan fingerprint density at radius 1 is 1.25 bits per heavy atom. The van der Waals surface area contributed by atoms with Crippen LogP contribution in [-0.4, -0.2) is 43.9 Å². The van der Waals surface area contributed by atoms with E-state index >= 15 is 0 Å². The predicted octanol–water partition coefficient (Wildman–Crippen LogP) is 3.04. The summed E-state index contributed by atoms with van der Waals surface area (Å²) in [5, 5.41) is 0.319. The summed E-state index contributed by atoms with van der Waals surface area (Å²) in [5.41, 5.74) is 0.650. The zero-order valence-electron chi connectivity index (χ0n) is 12.5. The van der Waals surface area contributed by atoms with Crippen LogP contribution >= 0.6 is 11.6 Å². The molecule has 0 saturated carbocycles. The van der Waals surface area contributed by atoms with Crippen molar-refractivity contribution in [2.45, 2.75) is 37.4 Å². The Bertz CT molecular complexity index is 806. The Labute approximate surface area is 140 Å². The number of amides is 1. The molecule has 2 aromatic rings. The van der Waals surface area contributed by atoms with Gasteiger partial charge in [-0.3, -0.25) is 9.20 Å². The molecule has 128 valence electrons. The van der Waals surface area contributed by atoms with E-state index in [1.165, 1.54) is 4.90 Å². The predicted molar refractivity (Wildman–Crippen MR) is 79.6 cm³/mol. The molecule has 3 atom stereocenters. The van der Waals surface area contributed by atoms with Gasteiger partial charge in [0.1, 0.15) is 11.3 Å². The van der Waals surface area contributed by atoms with Crippen LogP contribution < -0.4 is 0 Å². The summed E-state index contributed by atoms with van der Waals surface area (Å²) >= 11 is 6.03. The molecule has 9 heteroatoms. The SMILES string of the molecule is O=C1C[C@H](C(F)(F)F)[C@H]2CC[C@@H](c3ncc4c(Cl)nccn34)CN12. The first kappa shape index (κ1) is 15.7. The summed E-state index contributed by atoms with van der Waals surface area (Å²) in [6, 6.07) is -0.745. The van der Waals surface area contributed by atoms with Gasteiger partial charge in [0.25, 0.3) is 0 Å². The van der Waals surface area contributed by atoms with Gasteiger partial charge in [-0.15, -0.1) is 0 Å². The topological polar surface area (TPSA) is 50.5 Å². The van der Waals surface area contributed by atoms with E-state index < -0.39 is 30.5 Å². The van der Waals surface area contributed by atoms with Gasteiger partial charge >= 0.3 is 6.18 Å². The number of hydrogen-bond donors (Lipinski definition) is 0. The molecule has 2 aliphatic rings. The van der Waals surface area contributed by atoms with Crippen molar-refractivity contribution in [3.05, 3.63) is 29.6 Å². The quantitative estimate of drug-likeness (QED) is 0.787. The lowest BCUT2D eigenvalue weighted by molar-refractivity contribution is -0.182. The van der Waals surface area contributed by atoms with Crippen LogP contribution in [0, 0.1) is 5.92 Å². The van der Waals surface area contributed by atoms with Crippen LogP contribution in [0.5, 0.6) is 0 Å². The number of carbonyl (C=O) groups excluding carboxylic acids is 1. The summed E-state index contributed by atoms with van der Waals surface area (Å²) in [6.45, 7) is 0.259. The lowest BCUT2D eigenvalue weighted by Crippen LogP contribution is -2.45. The van der Waals surface area contributed by atoms with E-state index in [0.29, 0.717) is 29.3 Å². The molecule has 4 rings (SSSR count). The summed E-state index contributed by atoms with van der Waals surface area (Å²) in [4.78, 5) is 21.8. The standard InChI is InChI=1S/C15H14ClF3N4O/c16-13-11-6-21-14(22(11)4-3-20-13)8-1-2-10-9(15(17,18)19)5-12(24)23(10)7-8/h3-4,6,8-10H,1-2,5,7H2/t8-,9+,10-/m1/s1. The Morgan fingerprint density at radius 2 is 2.04 bits per heavy atom. The largest absolute Gasteiger partial charge is 0.394 e. The van der Waals surface area contributed by atoms with Crippen LogP contribution in [0.25, 0.3) is 5.52 Å². The number of carbonyl (C=O) groups is 1. The molecular weight excluding hydrogens is 345 g/mol. The van der Waals surface area contributed by atoms with Crippen molar-refractivity contribution in [2.75, 3.05) is 6.54 Å². The first-order chi connectivity index (χ1) is 11.4. The molecule has 0 N–H and O–H groups in total. The molecule has 0 radical (unpaired) electrons.